The summed E-state index contributed by atoms with van der Waals surface area (Å²) >= 11 is 0. The number of hydrogen-bond donors (Lipinski definition) is 1. The summed E-state index contributed by atoms with van der Waals surface area (Å²) in [7, 11) is 15.8. The van der Waals surface area contributed by atoms with Gasteiger partial charge < -0.3 is 5.11 Å². The minimum atomic E-state index is -2.59. The Labute approximate surface area is 292 Å². The third-order valence-electron chi connectivity index (χ3n) is 9.39. The largest absolute Gasteiger partial charge is 0.395 e. The van der Waals surface area contributed by atoms with Gasteiger partial charge in [0.1, 0.15) is 0 Å². The van der Waals surface area contributed by atoms with Crippen molar-refractivity contribution in [1.29, 1.82) is 0 Å². The third-order valence-corrected chi connectivity index (χ3v) is 20.2. The first-order valence-electron chi connectivity index (χ1n) is 16.3. The Morgan fingerprint density at radius 2 is 0.500 bits per heavy atom. The molecule has 0 fully saturated rings. The maximum atomic E-state index is 12.0. The molecule has 0 atom stereocenters. The second kappa shape index (κ2) is 15.1. The molecule has 0 amide bonds. The van der Waals surface area contributed by atoms with Crippen molar-refractivity contribution in [3.63, 3.8) is 0 Å². The molecule has 0 saturated heterocycles. The fraction of sp³-hybridized carbons (Fsp3) is 0.122. The molecule has 0 spiro atoms. The molecule has 6 aromatic rings. The van der Waals surface area contributed by atoms with Crippen molar-refractivity contribution in [2.45, 2.75) is 0 Å². The topological polar surface area (TPSA) is 20.2 Å². The van der Waals surface area contributed by atoms with Crippen molar-refractivity contribution in [1.82, 2.24) is 0 Å². The van der Waals surface area contributed by atoms with Crippen molar-refractivity contribution >= 4 is 75.9 Å². The van der Waals surface area contributed by atoms with Crippen molar-refractivity contribution in [3.05, 3.63) is 182 Å². The van der Waals surface area contributed by atoms with Gasteiger partial charge in [0, 0.05) is 50.3 Å². The van der Waals surface area contributed by atoms with E-state index in [1.807, 2.05) is 36.4 Å². The Morgan fingerprint density at radius 3 is 0.646 bits per heavy atom. The van der Waals surface area contributed by atoms with Crippen LogP contribution in [0.15, 0.2) is 182 Å². The van der Waals surface area contributed by atoms with E-state index in [1.165, 1.54) is 0 Å². The average Bonchev–Trinajstić information content (AvgIpc) is 3.16. The minimum absolute atomic E-state index is 0.108. The summed E-state index contributed by atoms with van der Waals surface area (Å²) in [4.78, 5) is 0. The van der Waals surface area contributed by atoms with Gasteiger partial charge in [0.05, 0.1) is 12.0 Å². The van der Waals surface area contributed by atoms with Crippen LogP contribution >= 0.6 is 21.4 Å². The number of benzene rings is 6. The van der Waals surface area contributed by atoms with E-state index in [-0.39, 0.29) is 6.61 Å². The maximum absolute atomic E-state index is 12.0. The minimum Gasteiger partial charge on any atom is -0.395 e. The highest BCUT2D eigenvalue weighted by Crippen LogP contribution is 2.66. The van der Waals surface area contributed by atoms with Crippen LogP contribution in [0.3, 0.4) is 0 Å². The second-order valence-electron chi connectivity index (χ2n) is 12.8. The van der Waals surface area contributed by atoms with E-state index < -0.39 is 26.8 Å². The first-order valence-corrected chi connectivity index (χ1v) is 22.4. The lowest BCUT2D eigenvalue weighted by Crippen LogP contribution is -2.48. The van der Waals surface area contributed by atoms with Gasteiger partial charge >= 0.3 is 0 Å². The number of aliphatic hydroxyl groups is 1. The highest BCUT2D eigenvalue weighted by Gasteiger charge is 2.49. The van der Waals surface area contributed by atoms with E-state index in [0.29, 0.717) is 18.5 Å². The SMILES string of the molecule is [B-][P+](CC(CO)(C[P+]([B-])(c1ccccc1)c1ccccc1)C[P+]([B-])(c1ccccc1)c1ccccc1)(c1ccccc1)c1ccccc1. The van der Waals surface area contributed by atoms with Gasteiger partial charge in [0.15, 0.2) is 0 Å². The molecule has 0 unspecified atom stereocenters. The van der Waals surface area contributed by atoms with E-state index in [0.717, 1.165) is 31.8 Å². The van der Waals surface area contributed by atoms with E-state index >= 15 is 0 Å². The van der Waals surface area contributed by atoms with Crippen LogP contribution in [0.2, 0.25) is 0 Å². The number of hydrogen-bond acceptors (Lipinski definition) is 1. The first-order chi connectivity index (χ1) is 23.3. The average molecular weight is 673 g/mol. The van der Waals surface area contributed by atoms with Gasteiger partial charge in [-0.2, -0.15) is 21.4 Å². The van der Waals surface area contributed by atoms with Crippen LogP contribution in [0.1, 0.15) is 0 Å². The lowest BCUT2D eigenvalue weighted by Gasteiger charge is -2.52. The molecular formula is C41H39B3OP3. The maximum Gasteiger partial charge on any atom is 0.0831 e. The quantitative estimate of drug-likeness (QED) is 0.114. The van der Waals surface area contributed by atoms with Crippen LogP contribution in [-0.2, 0) is 0 Å². The van der Waals surface area contributed by atoms with Crippen molar-refractivity contribution in [2.24, 2.45) is 5.41 Å². The Balaban J connectivity index is 1.61. The monoisotopic (exact) mass is 673 g/mol. The molecule has 48 heavy (non-hydrogen) atoms. The summed E-state index contributed by atoms with van der Waals surface area (Å²) in [6, 6.07) is 62.6. The Bertz CT molecular complexity index is 1530. The van der Waals surface area contributed by atoms with Crippen LogP contribution in [0, 0.1) is 5.41 Å². The lowest BCUT2D eigenvalue weighted by atomic mass is 9.97. The van der Waals surface area contributed by atoms with Crippen LogP contribution in [-0.4, -0.2) is 52.9 Å². The summed E-state index contributed by atoms with van der Waals surface area (Å²) in [6.07, 6.45) is 1.63. The molecule has 0 aliphatic carbocycles. The second-order valence-corrected chi connectivity index (χ2v) is 22.0. The molecule has 0 aliphatic heterocycles. The lowest BCUT2D eigenvalue weighted by molar-refractivity contribution is 0.186. The summed E-state index contributed by atoms with van der Waals surface area (Å²) < 4.78 is 0. The molecule has 1 nitrogen and oxygen atoms in total. The number of rotatable bonds is 13. The van der Waals surface area contributed by atoms with Gasteiger partial charge in [-0.15, -0.1) is 0 Å². The fourth-order valence-electron chi connectivity index (χ4n) is 7.05. The van der Waals surface area contributed by atoms with Gasteiger partial charge in [-0.25, -0.2) is 0 Å². The van der Waals surface area contributed by atoms with E-state index in [1.54, 1.807) is 0 Å². The van der Waals surface area contributed by atoms with Gasteiger partial charge in [-0.05, 0) is 72.8 Å². The van der Waals surface area contributed by atoms with Crippen LogP contribution in [0.25, 0.3) is 0 Å². The fourth-order valence-corrected chi connectivity index (χ4v) is 17.9. The molecular weight excluding hydrogens is 634 g/mol. The molecule has 0 aliphatic rings. The number of aliphatic hydroxyl groups excluding tert-OH is 1. The molecule has 0 heterocycles. The van der Waals surface area contributed by atoms with Crippen LogP contribution in [0.4, 0.5) is 0 Å². The summed E-state index contributed by atoms with van der Waals surface area (Å²) in [5, 5.41) is 18.6. The molecule has 0 aromatic heterocycles. The Hall–Kier alpha value is -3.24. The molecule has 9 radical (unpaired) electrons. The van der Waals surface area contributed by atoms with Crippen LogP contribution < -0.4 is 31.8 Å². The van der Waals surface area contributed by atoms with Crippen molar-refractivity contribution in [2.75, 3.05) is 25.1 Å². The molecule has 6 rings (SSSR count). The zero-order chi connectivity index (χ0) is 33.5. The predicted octanol–water partition coefficient (Wildman–Crippen LogP) is 6.22. The summed E-state index contributed by atoms with van der Waals surface area (Å²) in [5.74, 6) is 0. The Morgan fingerprint density at radius 1 is 0.333 bits per heavy atom. The van der Waals surface area contributed by atoms with E-state index in [4.69, 9.17) is 22.7 Å². The molecule has 1 N–H and O–H groups in total. The Kier molecular flexibility index (Phi) is 10.9. The smallest absolute Gasteiger partial charge is 0.0831 e. The summed E-state index contributed by atoms with van der Waals surface area (Å²) in [5.41, 5.74) is -0.753. The van der Waals surface area contributed by atoms with Crippen molar-refractivity contribution in [3.8, 4) is 0 Å². The van der Waals surface area contributed by atoms with Gasteiger partial charge in [-0.1, -0.05) is 109 Å². The molecule has 0 saturated carbocycles. The highest BCUT2D eigenvalue weighted by atomic mass is 31.2. The van der Waals surface area contributed by atoms with E-state index in [2.05, 4.69) is 146 Å². The normalized spacial score (nSPS) is 12.5. The van der Waals surface area contributed by atoms with Gasteiger partial charge in [0.25, 0.3) is 0 Å². The van der Waals surface area contributed by atoms with Gasteiger partial charge in [0.2, 0.25) is 0 Å². The molecule has 7 heteroatoms. The predicted molar refractivity (Wildman–Crippen MR) is 219 cm³/mol. The first kappa shape index (κ1) is 34.6. The highest BCUT2D eigenvalue weighted by molar-refractivity contribution is 8.10. The zero-order valence-corrected chi connectivity index (χ0v) is 29.9. The molecule has 233 valence electrons. The molecule has 0 bridgehead atoms. The standard InChI is InChI=1S/C41H39B3OP3/c42-46(35-19-7-1-8-20-35,36-21-9-2-10-22-36)32-41(31-45,33-47(43,37-23-11-3-12-24-37)38-25-13-4-14-26-38)34-48(44,39-27-15-5-16-28-39)40-29-17-6-18-30-40/h1-30,45H,31-34H2. The molecule has 6 aromatic carbocycles. The third kappa shape index (κ3) is 7.20. The van der Waals surface area contributed by atoms with E-state index in [9.17, 15) is 5.11 Å². The zero-order valence-electron chi connectivity index (χ0n) is 27.2. The summed E-state index contributed by atoms with van der Waals surface area (Å²) in [6.45, 7) is -0.108. The van der Waals surface area contributed by atoms with Crippen LogP contribution in [0.5, 0.6) is 0 Å². The van der Waals surface area contributed by atoms with Crippen molar-refractivity contribution < 1.29 is 5.11 Å². The van der Waals surface area contributed by atoms with Gasteiger partial charge in [-0.3, -0.25) is 22.7 Å².